The fourth-order valence-electron chi connectivity index (χ4n) is 1.15. The van der Waals surface area contributed by atoms with Gasteiger partial charge in [-0.3, -0.25) is 4.79 Å². The van der Waals surface area contributed by atoms with Gasteiger partial charge in [-0.1, -0.05) is 44.0 Å². The van der Waals surface area contributed by atoms with Gasteiger partial charge in [0.05, 0.1) is 10.0 Å². The number of hydrogen-bond acceptors (Lipinski definition) is 2. The third kappa shape index (κ3) is 3.28. The van der Waals surface area contributed by atoms with Gasteiger partial charge in [0.2, 0.25) is 0 Å². The lowest BCUT2D eigenvalue weighted by atomic mass is 10.2. The molecule has 0 bridgehead atoms. The number of hydrogen-bond donors (Lipinski definition) is 0. The maximum atomic E-state index is 10.7. The molecular weight excluding hydrogens is 287 g/mol. The van der Waals surface area contributed by atoms with Crippen molar-refractivity contribution >= 4 is 37.8 Å². The molecule has 2 nitrogen and oxygen atoms in total. The number of aldehydes is 1. The number of carbonyl (C=O) groups is 1. The first-order chi connectivity index (χ1) is 8.08. The average molecular weight is 305 g/mol. The highest BCUT2D eigenvalue weighted by molar-refractivity contribution is 6.75. The molecule has 1 aromatic carbocycles. The van der Waals surface area contributed by atoms with E-state index < -0.39 is 8.32 Å². The molecule has 0 unspecified atom stereocenters. The molecule has 0 heterocycles. The van der Waals surface area contributed by atoms with Crippen molar-refractivity contribution in [3.63, 3.8) is 0 Å². The van der Waals surface area contributed by atoms with Crippen LogP contribution in [0.2, 0.25) is 28.2 Å². The minimum atomic E-state index is -1.99. The van der Waals surface area contributed by atoms with Gasteiger partial charge >= 0.3 is 0 Å². The minimum absolute atomic E-state index is 0.0585. The summed E-state index contributed by atoms with van der Waals surface area (Å²) in [5, 5.41) is 0.826. The van der Waals surface area contributed by atoms with Crippen molar-refractivity contribution in [1.82, 2.24) is 0 Å². The van der Waals surface area contributed by atoms with Crippen molar-refractivity contribution in [3.05, 3.63) is 27.7 Å². The summed E-state index contributed by atoms with van der Waals surface area (Å²) in [5.74, 6) is 0.482. The smallest absolute Gasteiger partial charge is 0.250 e. The maximum absolute atomic E-state index is 10.7. The highest BCUT2D eigenvalue weighted by Crippen LogP contribution is 2.42. The molecular formula is C13H18Cl2O2Si. The van der Waals surface area contributed by atoms with Gasteiger partial charge in [0.15, 0.2) is 0 Å². The van der Waals surface area contributed by atoms with Crippen molar-refractivity contribution < 1.29 is 9.22 Å². The van der Waals surface area contributed by atoms with Crippen LogP contribution in [0.15, 0.2) is 12.1 Å². The SMILES string of the molecule is CC(C)(C)[Si](C)(C)Oc1c(Cl)cc(C=O)cc1Cl. The first-order valence-electron chi connectivity index (χ1n) is 5.72. The molecule has 0 N–H and O–H groups in total. The van der Waals surface area contributed by atoms with Crippen LogP contribution in [0.1, 0.15) is 31.1 Å². The van der Waals surface area contributed by atoms with Gasteiger partial charge in [-0.15, -0.1) is 0 Å². The van der Waals surface area contributed by atoms with E-state index in [1.165, 1.54) is 0 Å². The van der Waals surface area contributed by atoms with Gasteiger partial charge in [-0.05, 0) is 30.3 Å². The third-order valence-electron chi connectivity index (χ3n) is 3.32. The molecule has 0 aliphatic heterocycles. The monoisotopic (exact) mass is 304 g/mol. The van der Waals surface area contributed by atoms with Crippen LogP contribution in [0.25, 0.3) is 0 Å². The average Bonchev–Trinajstić information content (AvgIpc) is 2.21. The summed E-state index contributed by atoms with van der Waals surface area (Å²) in [5.41, 5.74) is 0.451. The van der Waals surface area contributed by atoms with E-state index in [4.69, 9.17) is 27.6 Å². The zero-order valence-corrected chi connectivity index (χ0v) is 13.8. The van der Waals surface area contributed by atoms with Crippen LogP contribution in [-0.4, -0.2) is 14.6 Å². The Balaban J connectivity index is 3.17. The van der Waals surface area contributed by atoms with Crippen LogP contribution >= 0.6 is 23.2 Å². The van der Waals surface area contributed by atoms with E-state index in [0.717, 1.165) is 0 Å². The Morgan fingerprint density at radius 3 is 1.94 bits per heavy atom. The Morgan fingerprint density at radius 2 is 1.61 bits per heavy atom. The second-order valence-corrected chi connectivity index (χ2v) is 11.3. The number of benzene rings is 1. The first-order valence-corrected chi connectivity index (χ1v) is 9.38. The third-order valence-corrected chi connectivity index (χ3v) is 8.21. The highest BCUT2D eigenvalue weighted by Gasteiger charge is 2.39. The van der Waals surface area contributed by atoms with E-state index in [-0.39, 0.29) is 5.04 Å². The molecule has 1 aromatic rings. The molecule has 5 heteroatoms. The van der Waals surface area contributed by atoms with Crippen LogP contribution in [0.4, 0.5) is 0 Å². The van der Waals surface area contributed by atoms with Crippen LogP contribution in [0.5, 0.6) is 5.75 Å². The summed E-state index contributed by atoms with van der Waals surface area (Å²) in [6.07, 6.45) is 0.716. The maximum Gasteiger partial charge on any atom is 0.250 e. The van der Waals surface area contributed by atoms with Gasteiger partial charge < -0.3 is 4.43 Å². The lowest BCUT2D eigenvalue weighted by Crippen LogP contribution is -2.44. The predicted octanol–water partition coefficient (Wildman–Crippen LogP) is 5.19. The second-order valence-electron chi connectivity index (χ2n) is 5.79. The number of halogens is 2. The standard InChI is InChI=1S/C13H18Cl2O2Si/c1-13(2,3)18(4,5)17-12-10(14)6-9(8-16)7-11(12)15/h6-8H,1-5H3. The lowest BCUT2D eigenvalue weighted by molar-refractivity contribution is 0.112. The lowest BCUT2D eigenvalue weighted by Gasteiger charge is -2.37. The Bertz CT molecular complexity index is 442. The zero-order valence-electron chi connectivity index (χ0n) is 11.3. The van der Waals surface area contributed by atoms with Crippen molar-refractivity contribution in [2.24, 2.45) is 0 Å². The van der Waals surface area contributed by atoms with E-state index >= 15 is 0 Å². The van der Waals surface area contributed by atoms with E-state index in [1.54, 1.807) is 12.1 Å². The van der Waals surface area contributed by atoms with Crippen LogP contribution in [0.3, 0.4) is 0 Å². The number of rotatable bonds is 3. The van der Waals surface area contributed by atoms with Gasteiger partial charge in [0.25, 0.3) is 8.32 Å². The van der Waals surface area contributed by atoms with E-state index in [9.17, 15) is 4.79 Å². The molecule has 0 fully saturated rings. The first kappa shape index (κ1) is 15.5. The van der Waals surface area contributed by atoms with Crippen LogP contribution < -0.4 is 4.43 Å². The Morgan fingerprint density at radius 1 is 1.17 bits per heavy atom. The Labute approximate surface area is 119 Å². The van der Waals surface area contributed by atoms with Gasteiger partial charge in [-0.25, -0.2) is 0 Å². The van der Waals surface area contributed by atoms with Crippen LogP contribution in [0, 0.1) is 0 Å². The molecule has 0 saturated carbocycles. The fraction of sp³-hybridized carbons (Fsp3) is 0.462. The molecule has 0 aliphatic carbocycles. The molecule has 0 saturated heterocycles. The van der Waals surface area contributed by atoms with Crippen molar-refractivity contribution in [2.45, 2.75) is 38.9 Å². The van der Waals surface area contributed by atoms with Crippen molar-refractivity contribution in [1.29, 1.82) is 0 Å². The summed E-state index contributed by atoms with van der Waals surface area (Å²) < 4.78 is 6.09. The zero-order chi connectivity index (χ0) is 14.1. The summed E-state index contributed by atoms with van der Waals surface area (Å²) >= 11 is 12.2. The topological polar surface area (TPSA) is 26.3 Å². The molecule has 0 aromatic heterocycles. The predicted molar refractivity (Wildman–Crippen MR) is 79.7 cm³/mol. The molecule has 0 amide bonds. The molecule has 0 atom stereocenters. The van der Waals surface area contributed by atoms with Crippen molar-refractivity contribution in [2.75, 3.05) is 0 Å². The summed E-state index contributed by atoms with van der Waals surface area (Å²) in [6, 6.07) is 3.14. The summed E-state index contributed by atoms with van der Waals surface area (Å²) in [7, 11) is -1.99. The van der Waals surface area contributed by atoms with Gasteiger partial charge in [-0.2, -0.15) is 0 Å². The largest absolute Gasteiger partial charge is 0.542 e. The summed E-state index contributed by atoms with van der Waals surface area (Å²) in [6.45, 7) is 10.7. The molecule has 100 valence electrons. The fourth-order valence-corrected chi connectivity index (χ4v) is 2.90. The van der Waals surface area contributed by atoms with Gasteiger partial charge in [0, 0.05) is 5.56 Å². The quantitative estimate of drug-likeness (QED) is 0.567. The molecule has 0 spiro atoms. The molecule has 1 rings (SSSR count). The van der Waals surface area contributed by atoms with E-state index in [1.807, 2.05) is 0 Å². The molecule has 0 aliphatic rings. The molecule has 0 radical (unpaired) electrons. The molecule has 18 heavy (non-hydrogen) atoms. The van der Waals surface area contributed by atoms with Crippen LogP contribution in [-0.2, 0) is 0 Å². The normalized spacial score (nSPS) is 12.4. The van der Waals surface area contributed by atoms with Gasteiger partial charge in [0.1, 0.15) is 12.0 Å². The van der Waals surface area contributed by atoms with Crippen molar-refractivity contribution in [3.8, 4) is 5.75 Å². The van der Waals surface area contributed by atoms with E-state index in [2.05, 4.69) is 33.9 Å². The minimum Gasteiger partial charge on any atom is -0.542 e. The Hall–Kier alpha value is -0.513. The Kier molecular flexibility index (Phi) is 4.52. The highest BCUT2D eigenvalue weighted by atomic mass is 35.5. The second kappa shape index (κ2) is 5.23. The number of carbonyl (C=O) groups excluding carboxylic acids is 1. The summed E-state index contributed by atoms with van der Waals surface area (Å²) in [4.78, 5) is 10.7. The van der Waals surface area contributed by atoms with E-state index in [0.29, 0.717) is 27.6 Å².